The van der Waals surface area contributed by atoms with Gasteiger partial charge in [0, 0.05) is 19.0 Å². The molecule has 0 radical (unpaired) electrons. The van der Waals surface area contributed by atoms with Crippen LogP contribution in [0, 0.1) is 6.92 Å². The summed E-state index contributed by atoms with van der Waals surface area (Å²) in [4.78, 5) is 31.9. The Balaban J connectivity index is 1.73. The molecule has 1 aliphatic heterocycles. The number of ether oxygens (including phenoxy) is 2. The zero-order valence-electron chi connectivity index (χ0n) is 16.7. The Morgan fingerprint density at radius 1 is 1.21 bits per heavy atom. The van der Waals surface area contributed by atoms with Crippen LogP contribution in [-0.2, 0) is 13.0 Å². The summed E-state index contributed by atoms with van der Waals surface area (Å²) >= 11 is 1.26. The number of aromatic nitrogens is 2. The lowest BCUT2D eigenvalue weighted by atomic mass is 10.2. The van der Waals surface area contributed by atoms with Crippen molar-refractivity contribution < 1.29 is 14.3 Å². The van der Waals surface area contributed by atoms with Crippen LogP contribution in [0.3, 0.4) is 0 Å². The summed E-state index contributed by atoms with van der Waals surface area (Å²) < 4.78 is 12.3. The van der Waals surface area contributed by atoms with Gasteiger partial charge in [0.2, 0.25) is 0 Å². The number of nitrogens with zero attached hydrogens (tertiary/aromatic N) is 2. The van der Waals surface area contributed by atoms with Crippen LogP contribution in [-0.4, -0.2) is 29.7 Å². The molecule has 29 heavy (non-hydrogen) atoms. The molecule has 1 N–H and O–H groups in total. The maximum Gasteiger partial charge on any atom is 0.266 e. The lowest BCUT2D eigenvalue weighted by Crippen LogP contribution is -2.24. The van der Waals surface area contributed by atoms with E-state index in [1.54, 1.807) is 29.9 Å². The summed E-state index contributed by atoms with van der Waals surface area (Å²) in [5.74, 6) is 1.68. The molecule has 1 amide bonds. The number of carbonyl (C=O) groups is 1. The lowest BCUT2D eigenvalue weighted by molar-refractivity contribution is 0.102. The fourth-order valence-electron chi connectivity index (χ4n) is 3.71. The lowest BCUT2D eigenvalue weighted by Gasteiger charge is -2.11. The van der Waals surface area contributed by atoms with E-state index in [1.807, 2.05) is 6.92 Å². The van der Waals surface area contributed by atoms with Gasteiger partial charge < -0.3 is 14.8 Å². The van der Waals surface area contributed by atoms with E-state index in [4.69, 9.17) is 14.5 Å². The monoisotopic (exact) mass is 413 g/mol. The average Bonchev–Trinajstić information content (AvgIpc) is 2.89. The van der Waals surface area contributed by atoms with Crippen molar-refractivity contribution in [3.05, 3.63) is 44.8 Å². The molecule has 152 valence electrons. The van der Waals surface area contributed by atoms with Gasteiger partial charge in [-0.15, -0.1) is 11.3 Å². The molecule has 8 heteroatoms. The minimum atomic E-state index is -0.284. The minimum Gasteiger partial charge on any atom is -0.497 e. The number of hydrogen-bond acceptors (Lipinski definition) is 6. The number of anilines is 1. The summed E-state index contributed by atoms with van der Waals surface area (Å²) in [7, 11) is 3.10. The second-order valence-corrected chi connectivity index (χ2v) is 8.05. The summed E-state index contributed by atoms with van der Waals surface area (Å²) in [6, 6.07) is 5.19. The van der Waals surface area contributed by atoms with Crippen molar-refractivity contribution in [3.63, 3.8) is 0 Å². The van der Waals surface area contributed by atoms with Crippen molar-refractivity contribution >= 4 is 33.1 Å². The third kappa shape index (κ3) is 3.48. The highest BCUT2D eigenvalue weighted by Gasteiger charge is 2.23. The van der Waals surface area contributed by atoms with E-state index in [2.05, 4.69) is 5.32 Å². The van der Waals surface area contributed by atoms with E-state index in [0.29, 0.717) is 44.4 Å². The fourth-order valence-corrected chi connectivity index (χ4v) is 4.79. The molecule has 1 aliphatic rings. The van der Waals surface area contributed by atoms with Crippen LogP contribution in [0.2, 0.25) is 0 Å². The predicted molar refractivity (Wildman–Crippen MR) is 114 cm³/mol. The summed E-state index contributed by atoms with van der Waals surface area (Å²) in [5.41, 5.74) is 1.17. The van der Waals surface area contributed by atoms with Crippen LogP contribution in [0.1, 0.15) is 40.3 Å². The standard InChI is InChI=1S/C21H23N3O4S/c1-12-17-20(23-16-7-5-4-6-10-24(16)21(17)26)29-18(12)19(25)22-14-9-8-13(27-2)11-15(14)28-3/h8-9,11H,4-7,10H2,1-3H3,(H,22,25). The van der Waals surface area contributed by atoms with Crippen LogP contribution in [0.15, 0.2) is 23.0 Å². The van der Waals surface area contributed by atoms with E-state index >= 15 is 0 Å². The van der Waals surface area contributed by atoms with Gasteiger partial charge in [0.25, 0.3) is 11.5 Å². The number of amides is 1. The van der Waals surface area contributed by atoms with E-state index in [1.165, 1.54) is 18.4 Å². The molecule has 7 nitrogen and oxygen atoms in total. The minimum absolute atomic E-state index is 0.0401. The summed E-state index contributed by atoms with van der Waals surface area (Å²) in [6.45, 7) is 2.50. The fraction of sp³-hybridized carbons (Fsp3) is 0.381. The van der Waals surface area contributed by atoms with Crippen molar-refractivity contribution in [2.75, 3.05) is 19.5 Å². The Labute approximate surface area is 172 Å². The predicted octanol–water partition coefficient (Wildman–Crippen LogP) is 3.76. The largest absolute Gasteiger partial charge is 0.497 e. The van der Waals surface area contributed by atoms with Crippen molar-refractivity contribution in [1.82, 2.24) is 9.55 Å². The van der Waals surface area contributed by atoms with Gasteiger partial charge in [0.05, 0.1) is 30.2 Å². The molecule has 0 fully saturated rings. The third-order valence-electron chi connectivity index (χ3n) is 5.27. The van der Waals surface area contributed by atoms with Crippen molar-refractivity contribution in [1.29, 1.82) is 0 Å². The van der Waals surface area contributed by atoms with Gasteiger partial charge in [0.15, 0.2) is 0 Å². The second-order valence-electron chi connectivity index (χ2n) is 7.05. The first-order valence-corrected chi connectivity index (χ1v) is 10.4. The van der Waals surface area contributed by atoms with E-state index < -0.39 is 0 Å². The number of aryl methyl sites for hydroxylation is 2. The molecule has 0 aliphatic carbocycles. The highest BCUT2D eigenvalue weighted by molar-refractivity contribution is 7.20. The topological polar surface area (TPSA) is 82.5 Å². The molecule has 0 saturated carbocycles. The molecular weight excluding hydrogens is 390 g/mol. The Hall–Kier alpha value is -2.87. The Bertz CT molecular complexity index is 1150. The molecule has 0 saturated heterocycles. The van der Waals surface area contributed by atoms with E-state index in [-0.39, 0.29) is 11.5 Å². The van der Waals surface area contributed by atoms with Crippen LogP contribution < -0.4 is 20.3 Å². The SMILES string of the molecule is COc1ccc(NC(=O)c2sc3nc4n(c(=O)c3c2C)CCCCC4)c(OC)c1. The number of hydrogen-bond donors (Lipinski definition) is 1. The number of rotatable bonds is 4. The molecule has 0 spiro atoms. The summed E-state index contributed by atoms with van der Waals surface area (Å²) in [6.07, 6.45) is 3.92. The maximum absolute atomic E-state index is 13.1. The zero-order chi connectivity index (χ0) is 20.5. The maximum atomic E-state index is 13.1. The van der Waals surface area contributed by atoms with Gasteiger partial charge in [-0.2, -0.15) is 0 Å². The first-order valence-electron chi connectivity index (χ1n) is 9.59. The Kier molecular flexibility index (Phi) is 5.27. The van der Waals surface area contributed by atoms with E-state index in [9.17, 15) is 9.59 Å². The van der Waals surface area contributed by atoms with Gasteiger partial charge in [-0.1, -0.05) is 6.42 Å². The van der Waals surface area contributed by atoms with Crippen molar-refractivity contribution in [2.24, 2.45) is 0 Å². The molecule has 0 unspecified atom stereocenters. The third-order valence-corrected chi connectivity index (χ3v) is 6.46. The first-order chi connectivity index (χ1) is 14.0. The van der Waals surface area contributed by atoms with Gasteiger partial charge in [-0.3, -0.25) is 14.2 Å². The Morgan fingerprint density at radius 2 is 2.03 bits per heavy atom. The van der Waals surface area contributed by atoms with Crippen molar-refractivity contribution in [2.45, 2.75) is 39.2 Å². The second kappa shape index (κ2) is 7.87. The van der Waals surface area contributed by atoms with Gasteiger partial charge in [-0.25, -0.2) is 4.98 Å². The highest BCUT2D eigenvalue weighted by Crippen LogP contribution is 2.32. The van der Waals surface area contributed by atoms with Crippen LogP contribution >= 0.6 is 11.3 Å². The molecule has 4 rings (SSSR count). The number of nitrogens with one attached hydrogen (secondary N) is 1. The number of fused-ring (bicyclic) bond motifs is 2. The quantitative estimate of drug-likeness (QED) is 0.704. The molecule has 1 aromatic carbocycles. The number of methoxy groups -OCH3 is 2. The average molecular weight is 413 g/mol. The van der Waals surface area contributed by atoms with Crippen LogP contribution in [0.25, 0.3) is 10.2 Å². The van der Waals surface area contributed by atoms with Crippen molar-refractivity contribution in [3.8, 4) is 11.5 Å². The molecule has 2 aromatic heterocycles. The molecule has 3 heterocycles. The van der Waals surface area contributed by atoms with Crippen LogP contribution in [0.5, 0.6) is 11.5 Å². The first kappa shape index (κ1) is 19.4. The zero-order valence-corrected chi connectivity index (χ0v) is 17.5. The normalized spacial score (nSPS) is 13.6. The van der Waals surface area contributed by atoms with Gasteiger partial charge >= 0.3 is 0 Å². The molecular formula is C21H23N3O4S. The molecule has 0 bridgehead atoms. The van der Waals surface area contributed by atoms with Gasteiger partial charge in [-0.05, 0) is 37.5 Å². The van der Waals surface area contributed by atoms with Gasteiger partial charge in [0.1, 0.15) is 22.2 Å². The Morgan fingerprint density at radius 3 is 2.79 bits per heavy atom. The highest BCUT2D eigenvalue weighted by atomic mass is 32.1. The molecule has 3 aromatic rings. The smallest absolute Gasteiger partial charge is 0.266 e. The number of thiophene rings is 1. The summed E-state index contributed by atoms with van der Waals surface area (Å²) in [5, 5.41) is 3.43. The molecule has 0 atom stereocenters. The number of carbonyl (C=O) groups excluding carboxylic acids is 1. The number of benzene rings is 1. The van der Waals surface area contributed by atoms with Crippen LogP contribution in [0.4, 0.5) is 5.69 Å². The van der Waals surface area contributed by atoms with E-state index in [0.717, 1.165) is 31.5 Å².